The molecule has 8 rings (SSSR count). The largest absolute Gasteiger partial charge is 0.394 e. The first-order chi connectivity index (χ1) is 26.6. The Morgan fingerprint density at radius 3 is 2.44 bits per heavy atom. The number of aliphatic hydroxyl groups is 4. The highest BCUT2D eigenvalue weighted by Crippen LogP contribution is 2.59. The van der Waals surface area contributed by atoms with Gasteiger partial charge in [0.25, 0.3) is 0 Å². The normalized spacial score (nSPS) is 23.7. The van der Waals surface area contributed by atoms with Crippen LogP contribution in [0.4, 0.5) is 0 Å². The molecule has 2 bridgehead atoms. The Labute approximate surface area is 325 Å². The molecule has 3 aliphatic carbocycles. The van der Waals surface area contributed by atoms with Gasteiger partial charge in [0.1, 0.15) is 0 Å². The fourth-order valence-corrected chi connectivity index (χ4v) is 9.47. The summed E-state index contributed by atoms with van der Waals surface area (Å²) >= 11 is 0. The quantitative estimate of drug-likeness (QED) is 0.0846. The van der Waals surface area contributed by atoms with Crippen molar-refractivity contribution in [3.63, 3.8) is 0 Å². The van der Waals surface area contributed by atoms with Gasteiger partial charge in [0, 0.05) is 36.2 Å². The topological polar surface area (TPSA) is 101 Å². The lowest BCUT2D eigenvalue weighted by molar-refractivity contribution is -0.0907. The molecule has 286 valence electrons. The second kappa shape index (κ2) is 16.7. The van der Waals surface area contributed by atoms with Crippen LogP contribution in [0.3, 0.4) is 0 Å². The smallest absolute Gasteiger partial charge is 0.193 e. The number of hydrogen-bond acceptors (Lipinski definition) is 6. The number of carbonyl (C=O) groups is 1. The summed E-state index contributed by atoms with van der Waals surface area (Å²) in [6, 6.07) is 38.4. The minimum atomic E-state index is -1.17. The number of allylic oxidation sites excluding steroid dienone is 2. The van der Waals surface area contributed by atoms with E-state index in [1.54, 1.807) is 0 Å². The van der Waals surface area contributed by atoms with E-state index in [9.17, 15) is 20.4 Å². The van der Waals surface area contributed by atoms with Crippen molar-refractivity contribution in [1.29, 1.82) is 0 Å². The van der Waals surface area contributed by atoms with Gasteiger partial charge in [0.15, 0.2) is 5.78 Å². The summed E-state index contributed by atoms with van der Waals surface area (Å²) in [5.74, 6) is -0.201. The van der Waals surface area contributed by atoms with Crippen LogP contribution < -0.4 is 0 Å². The highest BCUT2D eigenvalue weighted by atomic mass is 16.3. The summed E-state index contributed by atoms with van der Waals surface area (Å²) in [7, 11) is 0. The van der Waals surface area contributed by atoms with Crippen LogP contribution in [0, 0.1) is 5.41 Å². The molecule has 5 aromatic carbocycles. The van der Waals surface area contributed by atoms with Crippen LogP contribution in [0.5, 0.6) is 0 Å². The molecule has 0 aliphatic heterocycles. The van der Waals surface area contributed by atoms with E-state index in [1.807, 2.05) is 78.9 Å². The van der Waals surface area contributed by atoms with E-state index in [2.05, 4.69) is 61.2 Å². The molecule has 4 N–H and O–H groups in total. The van der Waals surface area contributed by atoms with Crippen molar-refractivity contribution in [2.75, 3.05) is 19.7 Å². The first-order valence-electron chi connectivity index (χ1n) is 19.9. The van der Waals surface area contributed by atoms with Crippen LogP contribution in [0.15, 0.2) is 127 Å². The van der Waals surface area contributed by atoms with Gasteiger partial charge in [-0.25, -0.2) is 0 Å². The summed E-state index contributed by atoms with van der Waals surface area (Å²) in [5, 5.41) is 47.3. The monoisotopic (exact) mass is 737 g/mol. The molecular weight excluding hydrogens is 683 g/mol. The van der Waals surface area contributed by atoms with Crippen LogP contribution >= 0.6 is 0 Å². The fraction of sp³-hybridized carbons (Fsp3) is 0.367. The van der Waals surface area contributed by atoms with Gasteiger partial charge in [-0.3, -0.25) is 9.69 Å². The molecule has 6 nitrogen and oxygen atoms in total. The van der Waals surface area contributed by atoms with Gasteiger partial charge in [-0.05, 0) is 102 Å². The summed E-state index contributed by atoms with van der Waals surface area (Å²) in [6.45, 7) is 4.95. The summed E-state index contributed by atoms with van der Waals surface area (Å²) in [4.78, 5) is 17.1. The number of ketones is 1. The third-order valence-corrected chi connectivity index (χ3v) is 12.6. The maximum atomic E-state index is 15.0. The molecule has 1 saturated carbocycles. The number of fused-ring (bicyclic) bond motifs is 9. The second-order valence-electron chi connectivity index (χ2n) is 16.3. The predicted molar refractivity (Wildman–Crippen MR) is 221 cm³/mol. The number of hydrogen-bond donors (Lipinski definition) is 4. The van der Waals surface area contributed by atoms with Crippen molar-refractivity contribution >= 4 is 16.6 Å². The van der Waals surface area contributed by atoms with E-state index in [4.69, 9.17) is 0 Å². The molecule has 0 aromatic heterocycles. The Balaban J connectivity index is 1.32. The SMILES string of the molecule is CC1=CCC[C@@]2(C)[C@@H](CC[C@@]2(O)CN(Cc2cccc3ccccc23)C[C@H](O)CO)c2ccc(cc2C(=O)c2ccccc2-c2ccccc2)C[C@@H](O)CC1. The molecule has 0 saturated heterocycles. The minimum absolute atomic E-state index is 0.0601. The zero-order chi connectivity index (χ0) is 38.6. The zero-order valence-corrected chi connectivity index (χ0v) is 32.2. The molecule has 0 heterocycles. The summed E-state index contributed by atoms with van der Waals surface area (Å²) < 4.78 is 0. The van der Waals surface area contributed by atoms with Crippen LogP contribution in [0.25, 0.3) is 21.9 Å². The number of carbonyl (C=O) groups excluding carboxylic acids is 1. The van der Waals surface area contributed by atoms with Crippen molar-refractivity contribution in [2.24, 2.45) is 5.41 Å². The van der Waals surface area contributed by atoms with E-state index >= 15 is 4.79 Å². The van der Waals surface area contributed by atoms with Crippen molar-refractivity contribution < 1.29 is 25.2 Å². The lowest BCUT2D eigenvalue weighted by Gasteiger charge is -2.46. The number of aliphatic hydroxyl groups excluding tert-OH is 3. The molecular formula is C49H55NO5. The summed E-state index contributed by atoms with van der Waals surface area (Å²) in [6.07, 6.45) is 5.27. The van der Waals surface area contributed by atoms with Gasteiger partial charge >= 0.3 is 0 Å². The average Bonchev–Trinajstić information content (AvgIpc) is 3.45. The molecule has 1 fully saturated rings. The fourth-order valence-electron chi connectivity index (χ4n) is 9.47. The molecule has 5 atom stereocenters. The highest BCUT2D eigenvalue weighted by molar-refractivity contribution is 6.13. The molecule has 5 aromatic rings. The van der Waals surface area contributed by atoms with Gasteiger partial charge in [0.05, 0.1) is 24.4 Å². The van der Waals surface area contributed by atoms with Crippen LogP contribution in [-0.4, -0.2) is 68.6 Å². The van der Waals surface area contributed by atoms with Crippen LogP contribution in [0.2, 0.25) is 0 Å². The van der Waals surface area contributed by atoms with Gasteiger partial charge < -0.3 is 20.4 Å². The van der Waals surface area contributed by atoms with Crippen LogP contribution in [-0.2, 0) is 13.0 Å². The van der Waals surface area contributed by atoms with Crippen molar-refractivity contribution in [2.45, 2.75) is 89.1 Å². The maximum Gasteiger partial charge on any atom is 0.193 e. The van der Waals surface area contributed by atoms with E-state index in [0.29, 0.717) is 56.3 Å². The molecule has 55 heavy (non-hydrogen) atoms. The second-order valence-corrected chi connectivity index (χ2v) is 16.3. The molecule has 3 aliphatic rings. The lowest BCUT2D eigenvalue weighted by Crippen LogP contribution is -2.53. The van der Waals surface area contributed by atoms with Gasteiger partial charge in [0.2, 0.25) is 0 Å². The highest BCUT2D eigenvalue weighted by Gasteiger charge is 2.57. The maximum absolute atomic E-state index is 15.0. The van der Waals surface area contributed by atoms with Crippen molar-refractivity contribution in [3.05, 3.63) is 155 Å². The number of nitrogens with zero attached hydrogens (tertiary/aromatic N) is 1. The number of benzene rings is 5. The molecule has 0 radical (unpaired) electrons. The van der Waals surface area contributed by atoms with E-state index in [0.717, 1.165) is 51.4 Å². The van der Waals surface area contributed by atoms with Gasteiger partial charge in [-0.1, -0.05) is 128 Å². The lowest BCUT2D eigenvalue weighted by atomic mass is 9.64. The summed E-state index contributed by atoms with van der Waals surface area (Å²) in [5.41, 5.74) is 5.45. The Kier molecular flexibility index (Phi) is 11.8. The number of rotatable bonds is 10. The minimum Gasteiger partial charge on any atom is -0.394 e. The third-order valence-electron chi connectivity index (χ3n) is 12.6. The first-order valence-corrected chi connectivity index (χ1v) is 19.9. The molecule has 0 amide bonds. The molecule has 6 heteroatoms. The van der Waals surface area contributed by atoms with Crippen LogP contribution in [0.1, 0.15) is 90.9 Å². The Bertz CT molecular complexity index is 2140. The predicted octanol–water partition coefficient (Wildman–Crippen LogP) is 8.63. The zero-order valence-electron chi connectivity index (χ0n) is 32.2. The Hall–Kier alpha value is -4.43. The van der Waals surface area contributed by atoms with Crippen molar-refractivity contribution in [3.8, 4) is 11.1 Å². The Morgan fingerprint density at radius 1 is 0.873 bits per heavy atom. The van der Waals surface area contributed by atoms with E-state index in [1.165, 1.54) is 5.57 Å². The van der Waals surface area contributed by atoms with E-state index < -0.39 is 23.2 Å². The molecule has 0 spiro atoms. The van der Waals surface area contributed by atoms with E-state index in [-0.39, 0.29) is 24.9 Å². The Morgan fingerprint density at radius 2 is 1.62 bits per heavy atom. The van der Waals surface area contributed by atoms with Gasteiger partial charge in [-0.15, -0.1) is 0 Å². The first kappa shape index (κ1) is 38.8. The van der Waals surface area contributed by atoms with Crippen molar-refractivity contribution in [1.82, 2.24) is 4.90 Å². The average molecular weight is 738 g/mol. The standard InChI is InChI=1S/C49H55NO5/c1-34-12-11-26-48(2)46(25-27-49(48,55)33-50(31-40(53)32-51)30-38-17-10-16-36-15-6-7-18-41(36)38)43-24-22-35(28-39(52)23-21-34)29-45(43)47(54)44-20-9-8-19-42(44)37-13-4-3-5-14-37/h3-10,12-20,22,24,29,39-40,46,51-53,55H,11,21,23,25-28,30-33H2,1-2H3/t39-,40-,46-,48-,49+/m0/s1. The molecule has 0 unspecified atom stereocenters. The van der Waals surface area contributed by atoms with Gasteiger partial charge in [-0.2, -0.15) is 0 Å². The third kappa shape index (κ3) is 8.25.